The largest absolute Gasteiger partial charge is 0.442 e. The molecule has 0 aliphatic heterocycles. The molecular weight excluding hydrogens is 567 g/mol. The lowest BCUT2D eigenvalue weighted by molar-refractivity contribution is -0.388. The fourth-order valence-electron chi connectivity index (χ4n) is 4.09. The number of primary amides is 1. The number of aryl methyl sites for hydroxylation is 2. The van der Waals surface area contributed by atoms with Gasteiger partial charge in [0.2, 0.25) is 11.6 Å². The third kappa shape index (κ3) is 5.08. The number of nitro groups is 1. The molecule has 212 valence electrons. The Morgan fingerprint density at radius 3 is 2.40 bits per heavy atom. The predicted molar refractivity (Wildman–Crippen MR) is 132 cm³/mol. The molecule has 0 saturated carbocycles. The van der Waals surface area contributed by atoms with Gasteiger partial charge < -0.3 is 11.1 Å². The molecule has 2 amide bonds. The van der Waals surface area contributed by atoms with E-state index in [9.17, 15) is 41.7 Å². The molecule has 4 aromatic rings. The number of nitrogens with one attached hydrogen (secondary N) is 1. The lowest BCUT2D eigenvalue weighted by Gasteiger charge is -2.11. The van der Waals surface area contributed by atoms with Crippen LogP contribution in [0.25, 0.3) is 21.3 Å². The molecule has 3 N–H and O–H groups in total. The van der Waals surface area contributed by atoms with E-state index in [2.05, 4.69) is 20.5 Å². The Bertz CT molecular complexity index is 1670. The third-order valence-corrected chi connectivity index (χ3v) is 6.97. The molecular formula is C22H19F5N8O4S. The SMILES string of the molecule is CCn1cc(-c2cc(C(F)F)nc3sc(C(N)=O)c(NC(=O)Cn4nc(C(F)(F)F)c([N+](=O)[O-])c4C)c23)c(C)n1. The molecule has 12 nitrogen and oxygen atoms in total. The average molecular weight is 587 g/mol. The summed E-state index contributed by atoms with van der Waals surface area (Å²) in [6.07, 6.45) is -6.57. The quantitative estimate of drug-likeness (QED) is 0.173. The number of carbonyl (C=O) groups is 2. The highest BCUT2D eigenvalue weighted by Gasteiger charge is 2.44. The minimum atomic E-state index is -5.17. The number of pyridine rings is 1. The highest BCUT2D eigenvalue weighted by atomic mass is 32.1. The van der Waals surface area contributed by atoms with Gasteiger partial charge in [-0.25, -0.2) is 13.8 Å². The summed E-state index contributed by atoms with van der Waals surface area (Å²) in [7, 11) is 0. The molecule has 4 aromatic heterocycles. The second kappa shape index (κ2) is 10.2. The first kappa shape index (κ1) is 28.5. The first-order valence-corrected chi connectivity index (χ1v) is 12.1. The predicted octanol–water partition coefficient (Wildman–Crippen LogP) is 4.60. The zero-order valence-electron chi connectivity index (χ0n) is 20.8. The monoisotopic (exact) mass is 586 g/mol. The number of thiophene rings is 1. The Hall–Kier alpha value is -4.48. The zero-order chi connectivity index (χ0) is 29.7. The highest BCUT2D eigenvalue weighted by molar-refractivity contribution is 7.21. The van der Waals surface area contributed by atoms with Crippen LogP contribution >= 0.6 is 11.3 Å². The third-order valence-electron chi connectivity index (χ3n) is 5.87. The molecule has 0 fully saturated rings. The van der Waals surface area contributed by atoms with Crippen molar-refractivity contribution in [1.29, 1.82) is 0 Å². The summed E-state index contributed by atoms with van der Waals surface area (Å²) in [5, 5.41) is 21.2. The fraction of sp³-hybridized carbons (Fsp3) is 0.318. The van der Waals surface area contributed by atoms with Crippen molar-refractivity contribution in [2.75, 3.05) is 5.32 Å². The van der Waals surface area contributed by atoms with Crippen LogP contribution in [-0.4, -0.2) is 41.3 Å². The maximum atomic E-state index is 13.7. The Balaban J connectivity index is 1.86. The Morgan fingerprint density at radius 1 is 1.23 bits per heavy atom. The number of fused-ring (bicyclic) bond motifs is 1. The van der Waals surface area contributed by atoms with Gasteiger partial charge in [-0.3, -0.25) is 29.1 Å². The first-order chi connectivity index (χ1) is 18.6. The fourth-order valence-corrected chi connectivity index (χ4v) is 5.11. The number of hydrogen-bond donors (Lipinski definition) is 2. The van der Waals surface area contributed by atoms with Crippen LogP contribution in [0.3, 0.4) is 0 Å². The van der Waals surface area contributed by atoms with Crippen LogP contribution in [0.2, 0.25) is 0 Å². The van der Waals surface area contributed by atoms with Crippen molar-refractivity contribution in [2.45, 2.75) is 46.5 Å². The van der Waals surface area contributed by atoms with E-state index in [0.717, 1.165) is 13.0 Å². The van der Waals surface area contributed by atoms with Crippen molar-refractivity contribution in [3.8, 4) is 11.1 Å². The van der Waals surface area contributed by atoms with E-state index < -0.39 is 58.7 Å². The standard InChI is InChI=1S/C22H19F5N8O4S/c1-4-33-6-11(8(2)31-33)10-5-12(19(23)24)29-21-14(10)15(17(40-21)20(28)37)30-13(36)7-34-9(3)16(35(38)39)18(32-34)22(25,26)27/h5-6,19H,4,7H2,1-3H3,(H2,28,37)(H,30,36). The number of nitrogens with zero attached hydrogens (tertiary/aromatic N) is 6. The lowest BCUT2D eigenvalue weighted by atomic mass is 10.0. The Kier molecular flexibility index (Phi) is 7.31. The van der Waals surface area contributed by atoms with E-state index >= 15 is 0 Å². The highest BCUT2D eigenvalue weighted by Crippen LogP contribution is 2.43. The van der Waals surface area contributed by atoms with Gasteiger partial charge in [-0.15, -0.1) is 11.3 Å². The molecule has 0 aliphatic carbocycles. The van der Waals surface area contributed by atoms with Crippen molar-refractivity contribution in [3.05, 3.63) is 50.0 Å². The van der Waals surface area contributed by atoms with Gasteiger partial charge in [-0.2, -0.15) is 23.4 Å². The Labute approximate surface area is 224 Å². The number of rotatable bonds is 8. The summed E-state index contributed by atoms with van der Waals surface area (Å²) < 4.78 is 69.4. The number of amides is 2. The molecule has 0 aliphatic rings. The van der Waals surface area contributed by atoms with Crippen molar-refractivity contribution < 1.29 is 36.5 Å². The number of aromatic nitrogens is 5. The minimum absolute atomic E-state index is 0.0641. The van der Waals surface area contributed by atoms with Crippen molar-refractivity contribution in [2.24, 2.45) is 5.73 Å². The molecule has 0 atom stereocenters. The van der Waals surface area contributed by atoms with E-state index in [1.807, 2.05) is 0 Å². The van der Waals surface area contributed by atoms with E-state index in [1.54, 1.807) is 24.7 Å². The van der Waals surface area contributed by atoms with Gasteiger partial charge >= 0.3 is 11.9 Å². The second-order valence-electron chi connectivity index (χ2n) is 8.47. The van der Waals surface area contributed by atoms with Crippen LogP contribution in [0, 0.1) is 24.0 Å². The van der Waals surface area contributed by atoms with Gasteiger partial charge in [0.05, 0.1) is 16.3 Å². The maximum absolute atomic E-state index is 13.7. The average Bonchev–Trinajstić information content (AvgIpc) is 3.51. The number of hydrogen-bond acceptors (Lipinski definition) is 8. The summed E-state index contributed by atoms with van der Waals surface area (Å²) in [5.41, 5.74) is 2.03. The summed E-state index contributed by atoms with van der Waals surface area (Å²) in [6, 6.07) is 1.08. The molecule has 0 radical (unpaired) electrons. The van der Waals surface area contributed by atoms with Crippen LogP contribution in [0.5, 0.6) is 0 Å². The number of halogens is 5. The summed E-state index contributed by atoms with van der Waals surface area (Å²) >= 11 is 0.635. The maximum Gasteiger partial charge on any atom is 0.442 e. The second-order valence-corrected chi connectivity index (χ2v) is 9.47. The van der Waals surface area contributed by atoms with Crippen molar-refractivity contribution >= 4 is 44.7 Å². The molecule has 40 heavy (non-hydrogen) atoms. The van der Waals surface area contributed by atoms with Crippen LogP contribution in [-0.2, 0) is 24.1 Å². The lowest BCUT2D eigenvalue weighted by Crippen LogP contribution is -2.22. The zero-order valence-corrected chi connectivity index (χ0v) is 21.7. The van der Waals surface area contributed by atoms with Crippen LogP contribution in [0.15, 0.2) is 12.3 Å². The van der Waals surface area contributed by atoms with Gasteiger partial charge in [0, 0.05) is 23.7 Å². The minimum Gasteiger partial charge on any atom is -0.365 e. The summed E-state index contributed by atoms with van der Waals surface area (Å²) in [6.45, 7) is 3.95. The molecule has 0 bridgehead atoms. The van der Waals surface area contributed by atoms with Crippen LogP contribution in [0.4, 0.5) is 33.3 Å². The number of carbonyl (C=O) groups excluding carboxylic acids is 2. The smallest absolute Gasteiger partial charge is 0.365 e. The van der Waals surface area contributed by atoms with Gasteiger partial charge in [0.25, 0.3) is 12.3 Å². The van der Waals surface area contributed by atoms with E-state index in [1.165, 1.54) is 0 Å². The molecule has 0 saturated heterocycles. The van der Waals surface area contributed by atoms with Crippen LogP contribution < -0.4 is 11.1 Å². The molecule has 4 rings (SSSR count). The summed E-state index contributed by atoms with van der Waals surface area (Å²) in [4.78, 5) is 38.9. The normalized spacial score (nSPS) is 11.9. The number of anilines is 1. The van der Waals surface area contributed by atoms with Crippen molar-refractivity contribution in [1.82, 2.24) is 24.5 Å². The number of nitrogens with two attached hydrogens (primary N) is 1. The van der Waals surface area contributed by atoms with Crippen molar-refractivity contribution in [3.63, 3.8) is 0 Å². The van der Waals surface area contributed by atoms with E-state index in [4.69, 9.17) is 5.73 Å². The van der Waals surface area contributed by atoms with Crippen LogP contribution in [0.1, 0.15) is 45.8 Å². The topological polar surface area (TPSA) is 164 Å². The molecule has 0 spiro atoms. The molecule has 18 heteroatoms. The Morgan fingerprint density at radius 2 is 1.90 bits per heavy atom. The molecule has 0 aromatic carbocycles. The van der Waals surface area contributed by atoms with Gasteiger partial charge in [-0.05, 0) is 32.4 Å². The number of alkyl halides is 5. The van der Waals surface area contributed by atoms with E-state index in [-0.39, 0.29) is 26.3 Å². The summed E-state index contributed by atoms with van der Waals surface area (Å²) in [5.74, 6) is -2.06. The van der Waals surface area contributed by atoms with Gasteiger partial charge in [-0.1, -0.05) is 0 Å². The molecule has 4 heterocycles. The van der Waals surface area contributed by atoms with Gasteiger partial charge in [0.1, 0.15) is 27.6 Å². The van der Waals surface area contributed by atoms with E-state index in [0.29, 0.717) is 33.8 Å². The van der Waals surface area contributed by atoms with Gasteiger partial charge in [0.15, 0.2) is 0 Å². The first-order valence-electron chi connectivity index (χ1n) is 11.3. The molecule has 0 unspecified atom stereocenters.